The number of fused-ring (bicyclic) bond motifs is 1. The van der Waals surface area contributed by atoms with Crippen LogP contribution in [0.15, 0.2) is 66.7 Å². The zero-order valence-corrected chi connectivity index (χ0v) is 24.2. The van der Waals surface area contributed by atoms with E-state index in [1.165, 1.54) is 44.2 Å². The molecule has 0 amide bonds. The quantitative estimate of drug-likeness (QED) is 0.254. The van der Waals surface area contributed by atoms with Crippen molar-refractivity contribution in [3.8, 4) is 11.5 Å². The molecule has 0 spiro atoms. The van der Waals surface area contributed by atoms with Gasteiger partial charge in [-0.05, 0) is 86.3 Å². The fraction of sp³-hybridized carbons (Fsp3) is 0.441. The summed E-state index contributed by atoms with van der Waals surface area (Å²) < 4.78 is 37.8. The van der Waals surface area contributed by atoms with Crippen LogP contribution in [-0.4, -0.2) is 31.4 Å². The molecule has 0 saturated heterocycles. The number of hydrogen-bond donors (Lipinski definition) is 1. The van der Waals surface area contributed by atoms with Crippen molar-refractivity contribution < 1.29 is 28.1 Å². The number of carbonyl (C=O) groups is 1. The van der Waals surface area contributed by atoms with Crippen LogP contribution >= 0.6 is 0 Å². The molecule has 3 aromatic rings. The van der Waals surface area contributed by atoms with Crippen LogP contribution in [0.25, 0.3) is 0 Å². The standard InChI is InChI=1S/C34H40FNO5/c1-34(2)32(40-33(37)25-11-16-28(38-3)17-12-25)31(39-20-19-23-7-5-4-6-8-23)29-21-27(15-18-30(29)41-34)36-22-24-9-13-26(35)14-10-24/h9-18,21,23,31-32,36H,4-8,19-20,22H2,1-3H3. The minimum atomic E-state index is -0.826. The summed E-state index contributed by atoms with van der Waals surface area (Å²) in [5.41, 5.74) is 2.28. The number of rotatable bonds is 10. The SMILES string of the molecule is COc1ccc(C(=O)OC2C(OCCC3CCCCC3)c3cc(NCc4ccc(F)cc4)ccc3OC2(C)C)cc1. The van der Waals surface area contributed by atoms with Crippen molar-refractivity contribution in [2.45, 2.75) is 76.7 Å². The summed E-state index contributed by atoms with van der Waals surface area (Å²) in [5, 5.41) is 3.42. The highest BCUT2D eigenvalue weighted by Crippen LogP contribution is 2.45. The molecule has 0 radical (unpaired) electrons. The van der Waals surface area contributed by atoms with E-state index in [2.05, 4.69) is 5.32 Å². The molecule has 218 valence electrons. The van der Waals surface area contributed by atoms with E-state index in [1.54, 1.807) is 43.5 Å². The van der Waals surface area contributed by atoms with E-state index in [-0.39, 0.29) is 5.82 Å². The fourth-order valence-corrected chi connectivity index (χ4v) is 5.78. The zero-order valence-electron chi connectivity index (χ0n) is 24.2. The lowest BCUT2D eigenvalue weighted by Crippen LogP contribution is -2.51. The largest absolute Gasteiger partial charge is 0.497 e. The van der Waals surface area contributed by atoms with Gasteiger partial charge in [0.1, 0.15) is 29.0 Å². The van der Waals surface area contributed by atoms with E-state index in [1.807, 2.05) is 32.0 Å². The summed E-state index contributed by atoms with van der Waals surface area (Å²) in [4.78, 5) is 13.3. The first kappa shape index (κ1) is 28.9. The molecule has 1 saturated carbocycles. The predicted octanol–water partition coefficient (Wildman–Crippen LogP) is 7.87. The Kier molecular flexibility index (Phi) is 9.13. The Morgan fingerprint density at radius 1 is 1.00 bits per heavy atom. The summed E-state index contributed by atoms with van der Waals surface area (Å²) in [5.74, 6) is 1.35. The summed E-state index contributed by atoms with van der Waals surface area (Å²) in [6, 6.07) is 19.2. The summed E-state index contributed by atoms with van der Waals surface area (Å²) in [6.07, 6.45) is 6.16. The molecule has 2 unspecified atom stereocenters. The molecule has 2 aliphatic rings. The van der Waals surface area contributed by atoms with Gasteiger partial charge in [0.15, 0.2) is 6.10 Å². The van der Waals surface area contributed by atoms with Crippen LogP contribution in [0.1, 0.15) is 80.0 Å². The van der Waals surface area contributed by atoms with E-state index in [9.17, 15) is 9.18 Å². The van der Waals surface area contributed by atoms with Crippen LogP contribution in [-0.2, 0) is 16.0 Å². The molecule has 0 bridgehead atoms. The van der Waals surface area contributed by atoms with Crippen molar-refractivity contribution in [3.63, 3.8) is 0 Å². The third-order valence-corrected chi connectivity index (χ3v) is 8.17. The Balaban J connectivity index is 1.38. The van der Waals surface area contributed by atoms with E-state index in [4.69, 9.17) is 18.9 Å². The smallest absolute Gasteiger partial charge is 0.338 e. The predicted molar refractivity (Wildman–Crippen MR) is 157 cm³/mol. The molecule has 2 atom stereocenters. The van der Waals surface area contributed by atoms with Gasteiger partial charge < -0.3 is 24.3 Å². The normalized spacial score (nSPS) is 20.0. The Hall–Kier alpha value is -3.58. The first-order valence-electron chi connectivity index (χ1n) is 14.6. The molecule has 7 heteroatoms. The Labute approximate surface area is 242 Å². The zero-order chi connectivity index (χ0) is 28.8. The highest BCUT2D eigenvalue weighted by molar-refractivity contribution is 5.89. The van der Waals surface area contributed by atoms with E-state index in [0.717, 1.165) is 23.2 Å². The van der Waals surface area contributed by atoms with Gasteiger partial charge in [-0.1, -0.05) is 44.2 Å². The van der Waals surface area contributed by atoms with E-state index in [0.29, 0.717) is 36.1 Å². The van der Waals surface area contributed by atoms with Crippen LogP contribution in [0.2, 0.25) is 0 Å². The monoisotopic (exact) mass is 561 g/mol. The Morgan fingerprint density at radius 2 is 1.73 bits per heavy atom. The molecule has 1 fully saturated rings. The maximum atomic E-state index is 13.3. The number of ether oxygens (including phenoxy) is 4. The van der Waals surface area contributed by atoms with Crippen LogP contribution in [0.4, 0.5) is 10.1 Å². The number of halogens is 1. The van der Waals surface area contributed by atoms with Crippen LogP contribution in [0, 0.1) is 11.7 Å². The minimum Gasteiger partial charge on any atom is -0.497 e. The van der Waals surface area contributed by atoms with Gasteiger partial charge in [0, 0.05) is 24.4 Å². The van der Waals surface area contributed by atoms with Crippen molar-refractivity contribution in [3.05, 3.63) is 89.2 Å². The maximum Gasteiger partial charge on any atom is 0.338 e. The summed E-state index contributed by atoms with van der Waals surface area (Å²) in [7, 11) is 1.59. The third kappa shape index (κ3) is 7.20. The van der Waals surface area contributed by atoms with Crippen LogP contribution in [0.5, 0.6) is 11.5 Å². The van der Waals surface area contributed by atoms with Gasteiger partial charge in [-0.2, -0.15) is 0 Å². The number of nitrogens with one attached hydrogen (secondary N) is 1. The first-order chi connectivity index (χ1) is 19.8. The fourth-order valence-electron chi connectivity index (χ4n) is 5.78. The summed E-state index contributed by atoms with van der Waals surface area (Å²) in [6.45, 7) is 4.98. The van der Waals surface area contributed by atoms with Crippen molar-refractivity contribution in [2.24, 2.45) is 5.92 Å². The highest BCUT2D eigenvalue weighted by Gasteiger charge is 2.47. The molecule has 3 aromatic carbocycles. The molecule has 1 aliphatic carbocycles. The lowest BCUT2D eigenvalue weighted by Gasteiger charge is -2.44. The van der Waals surface area contributed by atoms with Crippen LogP contribution in [0.3, 0.4) is 0 Å². The lowest BCUT2D eigenvalue weighted by molar-refractivity contribution is -0.141. The lowest BCUT2D eigenvalue weighted by atomic mass is 9.86. The average molecular weight is 562 g/mol. The number of methoxy groups -OCH3 is 1. The number of hydrogen-bond acceptors (Lipinski definition) is 6. The highest BCUT2D eigenvalue weighted by atomic mass is 19.1. The molecular formula is C34H40FNO5. The molecular weight excluding hydrogens is 521 g/mol. The van der Waals surface area contributed by atoms with Gasteiger partial charge in [0.2, 0.25) is 0 Å². The molecule has 5 rings (SSSR count). The second-order valence-electron chi connectivity index (χ2n) is 11.6. The molecule has 1 heterocycles. The van der Waals surface area contributed by atoms with Gasteiger partial charge in [0.05, 0.1) is 12.7 Å². The molecule has 1 aliphatic heterocycles. The maximum absolute atomic E-state index is 13.3. The van der Waals surface area contributed by atoms with Gasteiger partial charge in [-0.3, -0.25) is 0 Å². The van der Waals surface area contributed by atoms with Crippen molar-refractivity contribution in [1.29, 1.82) is 0 Å². The molecule has 1 N–H and O–H groups in total. The minimum absolute atomic E-state index is 0.259. The van der Waals surface area contributed by atoms with E-state index >= 15 is 0 Å². The first-order valence-corrected chi connectivity index (χ1v) is 14.6. The molecule has 0 aromatic heterocycles. The Morgan fingerprint density at radius 3 is 2.44 bits per heavy atom. The number of benzene rings is 3. The number of carbonyl (C=O) groups excluding carboxylic acids is 1. The molecule has 41 heavy (non-hydrogen) atoms. The number of esters is 1. The van der Waals surface area contributed by atoms with E-state index < -0.39 is 23.8 Å². The van der Waals surface area contributed by atoms with Crippen molar-refractivity contribution >= 4 is 11.7 Å². The van der Waals surface area contributed by atoms with Gasteiger partial charge >= 0.3 is 5.97 Å². The second-order valence-corrected chi connectivity index (χ2v) is 11.6. The number of anilines is 1. The third-order valence-electron chi connectivity index (χ3n) is 8.17. The van der Waals surface area contributed by atoms with Gasteiger partial charge in [-0.15, -0.1) is 0 Å². The van der Waals surface area contributed by atoms with Crippen LogP contribution < -0.4 is 14.8 Å². The van der Waals surface area contributed by atoms with Crippen molar-refractivity contribution in [2.75, 3.05) is 19.0 Å². The topological polar surface area (TPSA) is 66.0 Å². The summed E-state index contributed by atoms with van der Waals surface area (Å²) >= 11 is 0. The Bertz CT molecular complexity index is 1300. The van der Waals surface area contributed by atoms with Crippen molar-refractivity contribution in [1.82, 2.24) is 0 Å². The van der Waals surface area contributed by atoms with Gasteiger partial charge in [0.25, 0.3) is 0 Å². The van der Waals surface area contributed by atoms with Gasteiger partial charge in [-0.25, -0.2) is 9.18 Å². The second kappa shape index (κ2) is 12.9. The average Bonchev–Trinajstić information content (AvgIpc) is 2.98. The molecule has 6 nitrogen and oxygen atoms in total.